The van der Waals surface area contributed by atoms with Crippen LogP contribution in [0.1, 0.15) is 30.9 Å². The van der Waals surface area contributed by atoms with Crippen LogP contribution in [0.5, 0.6) is 0 Å². The highest BCUT2D eigenvalue weighted by Crippen LogP contribution is 2.24. The number of amides is 1. The van der Waals surface area contributed by atoms with Crippen LogP contribution in [0.15, 0.2) is 30.3 Å². The van der Waals surface area contributed by atoms with Gasteiger partial charge < -0.3 is 11.1 Å². The third-order valence-electron chi connectivity index (χ3n) is 3.22. The molecule has 1 saturated heterocycles. The average Bonchev–Trinajstić information content (AvgIpc) is 2.46. The molecule has 1 unspecified atom stereocenters. The molecule has 2 atom stereocenters. The van der Waals surface area contributed by atoms with Gasteiger partial charge in [-0.2, -0.15) is 11.8 Å². The number of rotatable bonds is 4. The largest absolute Gasteiger partial charge is 0.353 e. The van der Waals surface area contributed by atoms with Crippen LogP contribution in [-0.2, 0) is 4.79 Å². The van der Waals surface area contributed by atoms with Crippen molar-refractivity contribution in [1.29, 1.82) is 0 Å². The summed E-state index contributed by atoms with van der Waals surface area (Å²) in [5.74, 6) is 1.14. The van der Waals surface area contributed by atoms with Crippen molar-refractivity contribution in [2.24, 2.45) is 5.73 Å². The molecular formula is C14H20N2OS. The van der Waals surface area contributed by atoms with Crippen LogP contribution in [0, 0.1) is 0 Å². The Morgan fingerprint density at radius 2 is 2.17 bits per heavy atom. The Bertz CT molecular complexity index is 377. The first-order chi connectivity index (χ1) is 8.77. The van der Waals surface area contributed by atoms with Crippen molar-refractivity contribution in [1.82, 2.24) is 5.32 Å². The van der Waals surface area contributed by atoms with Gasteiger partial charge in [0.2, 0.25) is 5.91 Å². The van der Waals surface area contributed by atoms with Gasteiger partial charge in [0.1, 0.15) is 6.04 Å². The molecule has 2 rings (SSSR count). The maximum absolute atomic E-state index is 11.9. The molecule has 3 N–H and O–H groups in total. The zero-order valence-electron chi connectivity index (χ0n) is 10.5. The van der Waals surface area contributed by atoms with Gasteiger partial charge in [-0.15, -0.1) is 0 Å². The van der Waals surface area contributed by atoms with Crippen LogP contribution in [0.3, 0.4) is 0 Å². The van der Waals surface area contributed by atoms with E-state index in [2.05, 4.69) is 5.32 Å². The van der Waals surface area contributed by atoms with Crippen molar-refractivity contribution in [3.63, 3.8) is 0 Å². The monoisotopic (exact) mass is 264 g/mol. The fourth-order valence-corrected chi connectivity index (χ4v) is 3.34. The van der Waals surface area contributed by atoms with Gasteiger partial charge in [0, 0.05) is 11.8 Å². The standard InChI is InChI=1S/C14H20N2OS/c15-13(11-6-2-1-3-7-11)14(17)16-10-12-8-4-5-9-18-12/h1-3,6-7,12-13H,4-5,8-10,15H2,(H,16,17)/t12?,13-/m1/s1. The predicted molar refractivity (Wildman–Crippen MR) is 76.5 cm³/mol. The highest BCUT2D eigenvalue weighted by atomic mass is 32.2. The molecule has 1 aliphatic rings. The summed E-state index contributed by atoms with van der Waals surface area (Å²) in [6.07, 6.45) is 3.78. The van der Waals surface area contributed by atoms with Crippen molar-refractivity contribution < 1.29 is 4.79 Å². The molecule has 0 spiro atoms. The van der Waals surface area contributed by atoms with E-state index in [1.165, 1.54) is 25.0 Å². The summed E-state index contributed by atoms with van der Waals surface area (Å²) in [4.78, 5) is 11.9. The maximum Gasteiger partial charge on any atom is 0.241 e. The lowest BCUT2D eigenvalue weighted by Gasteiger charge is -2.22. The number of nitrogens with two attached hydrogens (primary N) is 1. The first kappa shape index (κ1) is 13.4. The third kappa shape index (κ3) is 3.75. The van der Waals surface area contributed by atoms with Gasteiger partial charge in [0.25, 0.3) is 0 Å². The number of hydrogen-bond donors (Lipinski definition) is 2. The molecule has 1 amide bonds. The highest BCUT2D eigenvalue weighted by molar-refractivity contribution is 7.99. The zero-order chi connectivity index (χ0) is 12.8. The molecule has 0 aromatic heterocycles. The van der Waals surface area contributed by atoms with Crippen LogP contribution in [0.4, 0.5) is 0 Å². The molecule has 1 aromatic carbocycles. The second kappa shape index (κ2) is 6.81. The van der Waals surface area contributed by atoms with Crippen molar-refractivity contribution in [2.45, 2.75) is 30.6 Å². The van der Waals surface area contributed by atoms with Gasteiger partial charge in [-0.1, -0.05) is 36.8 Å². The fraction of sp³-hybridized carbons (Fsp3) is 0.500. The lowest BCUT2D eigenvalue weighted by molar-refractivity contribution is -0.122. The van der Waals surface area contributed by atoms with Crippen LogP contribution >= 0.6 is 11.8 Å². The number of nitrogens with one attached hydrogen (secondary N) is 1. The summed E-state index contributed by atoms with van der Waals surface area (Å²) in [5, 5.41) is 3.53. The number of benzene rings is 1. The summed E-state index contributed by atoms with van der Waals surface area (Å²) in [7, 11) is 0. The van der Waals surface area contributed by atoms with Gasteiger partial charge in [0.15, 0.2) is 0 Å². The lowest BCUT2D eigenvalue weighted by atomic mass is 10.1. The molecule has 1 heterocycles. The third-order valence-corrected chi connectivity index (χ3v) is 4.62. The number of hydrogen-bond acceptors (Lipinski definition) is 3. The quantitative estimate of drug-likeness (QED) is 0.875. The van der Waals surface area contributed by atoms with E-state index in [1.807, 2.05) is 42.1 Å². The van der Waals surface area contributed by atoms with E-state index in [1.54, 1.807) is 0 Å². The molecule has 1 aromatic rings. The molecule has 0 aliphatic carbocycles. The molecular weight excluding hydrogens is 244 g/mol. The van der Waals surface area contributed by atoms with Crippen LogP contribution in [0.2, 0.25) is 0 Å². The summed E-state index contributed by atoms with van der Waals surface area (Å²) in [6, 6.07) is 8.95. The molecule has 0 saturated carbocycles. The smallest absolute Gasteiger partial charge is 0.241 e. The van der Waals surface area contributed by atoms with Crippen LogP contribution in [-0.4, -0.2) is 23.5 Å². The van der Waals surface area contributed by atoms with E-state index >= 15 is 0 Å². The van der Waals surface area contributed by atoms with Crippen molar-refractivity contribution in [3.05, 3.63) is 35.9 Å². The Labute approximate surface area is 113 Å². The topological polar surface area (TPSA) is 55.1 Å². The molecule has 0 radical (unpaired) electrons. The summed E-state index contributed by atoms with van der Waals surface area (Å²) < 4.78 is 0. The van der Waals surface area contributed by atoms with Gasteiger partial charge in [-0.3, -0.25) is 4.79 Å². The zero-order valence-corrected chi connectivity index (χ0v) is 11.3. The van der Waals surface area contributed by atoms with E-state index in [0.717, 1.165) is 12.1 Å². The Balaban J connectivity index is 1.80. The molecule has 3 nitrogen and oxygen atoms in total. The molecule has 1 aliphatic heterocycles. The fourth-order valence-electron chi connectivity index (χ4n) is 2.10. The summed E-state index contributed by atoms with van der Waals surface area (Å²) >= 11 is 1.96. The van der Waals surface area contributed by atoms with E-state index in [-0.39, 0.29) is 5.91 Å². The van der Waals surface area contributed by atoms with Gasteiger partial charge in [0.05, 0.1) is 0 Å². The van der Waals surface area contributed by atoms with E-state index < -0.39 is 6.04 Å². The average molecular weight is 264 g/mol. The summed E-state index contributed by atoms with van der Waals surface area (Å²) in [5.41, 5.74) is 6.80. The Morgan fingerprint density at radius 1 is 1.39 bits per heavy atom. The second-order valence-corrected chi connectivity index (χ2v) is 6.03. The minimum Gasteiger partial charge on any atom is -0.353 e. The minimum absolute atomic E-state index is 0.0765. The lowest BCUT2D eigenvalue weighted by Crippen LogP contribution is -2.38. The first-order valence-electron chi connectivity index (χ1n) is 6.47. The minimum atomic E-state index is -0.556. The van der Waals surface area contributed by atoms with Crippen LogP contribution in [0.25, 0.3) is 0 Å². The van der Waals surface area contributed by atoms with E-state index in [9.17, 15) is 4.79 Å². The normalized spacial score (nSPS) is 21.3. The first-order valence-corrected chi connectivity index (χ1v) is 7.52. The maximum atomic E-state index is 11.9. The van der Waals surface area contributed by atoms with Gasteiger partial charge in [-0.05, 0) is 24.2 Å². The number of thioether (sulfide) groups is 1. The number of carbonyl (C=O) groups excluding carboxylic acids is 1. The molecule has 1 fully saturated rings. The van der Waals surface area contributed by atoms with Gasteiger partial charge >= 0.3 is 0 Å². The summed E-state index contributed by atoms with van der Waals surface area (Å²) in [6.45, 7) is 0.740. The van der Waals surface area contributed by atoms with Crippen molar-refractivity contribution in [3.8, 4) is 0 Å². The Morgan fingerprint density at radius 3 is 2.83 bits per heavy atom. The number of carbonyl (C=O) groups is 1. The molecule has 4 heteroatoms. The Hall–Kier alpha value is -1.00. The molecule has 0 bridgehead atoms. The Kier molecular flexibility index (Phi) is 5.08. The van der Waals surface area contributed by atoms with E-state index in [0.29, 0.717) is 5.25 Å². The molecule has 18 heavy (non-hydrogen) atoms. The SMILES string of the molecule is N[C@@H](C(=O)NCC1CCCCS1)c1ccccc1. The van der Waals surface area contributed by atoms with Gasteiger partial charge in [-0.25, -0.2) is 0 Å². The predicted octanol–water partition coefficient (Wildman–Crippen LogP) is 2.09. The molecule has 98 valence electrons. The van der Waals surface area contributed by atoms with Crippen LogP contribution < -0.4 is 11.1 Å². The van der Waals surface area contributed by atoms with Crippen molar-refractivity contribution in [2.75, 3.05) is 12.3 Å². The van der Waals surface area contributed by atoms with Crippen molar-refractivity contribution >= 4 is 17.7 Å². The highest BCUT2D eigenvalue weighted by Gasteiger charge is 2.18. The second-order valence-electron chi connectivity index (χ2n) is 4.62. The van der Waals surface area contributed by atoms with E-state index in [4.69, 9.17) is 5.73 Å².